The molecule has 0 aromatic heterocycles. The van der Waals surface area contributed by atoms with E-state index in [-0.39, 0.29) is 0 Å². The molecular formula is C14H18F2N2. The zero-order valence-electron chi connectivity index (χ0n) is 10.3. The molecule has 98 valence electrons. The van der Waals surface area contributed by atoms with Gasteiger partial charge in [-0.15, -0.1) is 0 Å². The van der Waals surface area contributed by atoms with E-state index in [2.05, 4.69) is 10.2 Å². The molecule has 4 heteroatoms. The number of benzene rings is 1. The first-order valence-electron chi connectivity index (χ1n) is 6.67. The molecule has 0 bridgehead atoms. The molecule has 1 saturated carbocycles. The Labute approximate surface area is 106 Å². The predicted octanol–water partition coefficient (Wildman–Crippen LogP) is 2.54. The van der Waals surface area contributed by atoms with Gasteiger partial charge in [0, 0.05) is 25.2 Å². The van der Waals surface area contributed by atoms with Gasteiger partial charge in [0.25, 0.3) is 0 Å². The summed E-state index contributed by atoms with van der Waals surface area (Å²) in [5, 5.41) is 3.54. The number of nitrogens with one attached hydrogen (secondary N) is 1. The van der Waals surface area contributed by atoms with E-state index in [1.54, 1.807) is 6.07 Å². The number of nitrogens with zero attached hydrogens (tertiary/aromatic N) is 1. The van der Waals surface area contributed by atoms with Crippen molar-refractivity contribution in [2.24, 2.45) is 5.92 Å². The first-order valence-corrected chi connectivity index (χ1v) is 6.67. The zero-order chi connectivity index (χ0) is 12.5. The van der Waals surface area contributed by atoms with Crippen LogP contribution in [0.3, 0.4) is 0 Å². The lowest BCUT2D eigenvalue weighted by molar-refractivity contribution is 0.487. The largest absolute Gasteiger partial charge is 0.368 e. The topological polar surface area (TPSA) is 15.3 Å². The van der Waals surface area contributed by atoms with E-state index in [0.29, 0.717) is 11.7 Å². The summed E-state index contributed by atoms with van der Waals surface area (Å²) < 4.78 is 26.7. The fourth-order valence-electron chi connectivity index (χ4n) is 2.72. The van der Waals surface area contributed by atoms with Crippen LogP contribution in [0.15, 0.2) is 18.2 Å². The quantitative estimate of drug-likeness (QED) is 0.870. The van der Waals surface area contributed by atoms with Gasteiger partial charge in [-0.05, 0) is 43.9 Å². The van der Waals surface area contributed by atoms with Crippen molar-refractivity contribution < 1.29 is 8.78 Å². The summed E-state index contributed by atoms with van der Waals surface area (Å²) in [6.45, 7) is 2.65. The number of rotatable bonds is 2. The van der Waals surface area contributed by atoms with Gasteiger partial charge in [0.2, 0.25) is 0 Å². The van der Waals surface area contributed by atoms with Crippen LogP contribution in [0.1, 0.15) is 19.3 Å². The van der Waals surface area contributed by atoms with Gasteiger partial charge in [-0.2, -0.15) is 0 Å². The molecule has 18 heavy (non-hydrogen) atoms. The van der Waals surface area contributed by atoms with E-state index in [1.807, 2.05) is 0 Å². The molecule has 1 aromatic carbocycles. The van der Waals surface area contributed by atoms with E-state index in [9.17, 15) is 8.78 Å². The monoisotopic (exact) mass is 252 g/mol. The highest BCUT2D eigenvalue weighted by atomic mass is 19.1. The van der Waals surface area contributed by atoms with Crippen LogP contribution in [-0.4, -0.2) is 25.7 Å². The van der Waals surface area contributed by atoms with Gasteiger partial charge in [0.15, 0.2) is 0 Å². The van der Waals surface area contributed by atoms with Gasteiger partial charge in [0.1, 0.15) is 11.6 Å². The Balaban J connectivity index is 1.80. The minimum atomic E-state index is -0.511. The fourth-order valence-corrected chi connectivity index (χ4v) is 2.72. The Hall–Kier alpha value is -1.16. The lowest BCUT2D eigenvalue weighted by Gasteiger charge is -2.26. The van der Waals surface area contributed by atoms with Gasteiger partial charge >= 0.3 is 0 Å². The van der Waals surface area contributed by atoms with Gasteiger partial charge in [-0.1, -0.05) is 0 Å². The van der Waals surface area contributed by atoms with Gasteiger partial charge in [-0.25, -0.2) is 8.78 Å². The average molecular weight is 252 g/mol. The minimum absolute atomic E-state index is 0.452. The smallest absolute Gasteiger partial charge is 0.149 e. The number of halogens is 2. The van der Waals surface area contributed by atoms with Crippen molar-refractivity contribution in [1.82, 2.24) is 5.32 Å². The Morgan fingerprint density at radius 2 is 2.06 bits per heavy atom. The minimum Gasteiger partial charge on any atom is -0.368 e. The van der Waals surface area contributed by atoms with Crippen molar-refractivity contribution in [3.8, 4) is 0 Å². The molecule has 0 spiro atoms. The Kier molecular flexibility index (Phi) is 3.20. The highest BCUT2D eigenvalue weighted by molar-refractivity contribution is 5.48. The van der Waals surface area contributed by atoms with Crippen LogP contribution in [-0.2, 0) is 0 Å². The molecule has 0 amide bonds. The first-order chi connectivity index (χ1) is 8.74. The van der Waals surface area contributed by atoms with E-state index in [1.165, 1.54) is 18.9 Å². The third-order valence-corrected chi connectivity index (χ3v) is 3.87. The van der Waals surface area contributed by atoms with Crippen LogP contribution in [0.2, 0.25) is 0 Å². The lowest BCUT2D eigenvalue weighted by atomic mass is 10.1. The third kappa shape index (κ3) is 2.48. The number of anilines is 1. The van der Waals surface area contributed by atoms with Crippen molar-refractivity contribution in [3.63, 3.8) is 0 Å². The van der Waals surface area contributed by atoms with Gasteiger partial charge in [0.05, 0.1) is 5.69 Å². The maximum absolute atomic E-state index is 13.8. The van der Waals surface area contributed by atoms with E-state index < -0.39 is 11.6 Å². The summed E-state index contributed by atoms with van der Waals surface area (Å²) in [5.74, 6) is -0.219. The molecule has 1 atom stereocenters. The van der Waals surface area contributed by atoms with Crippen LogP contribution in [0.4, 0.5) is 14.5 Å². The first kappa shape index (κ1) is 11.9. The second kappa shape index (κ2) is 4.84. The molecular weight excluding hydrogens is 234 g/mol. The third-order valence-electron chi connectivity index (χ3n) is 3.87. The van der Waals surface area contributed by atoms with Crippen molar-refractivity contribution in [1.29, 1.82) is 0 Å². The summed E-state index contributed by atoms with van der Waals surface area (Å²) in [4.78, 5) is 2.05. The average Bonchev–Trinajstić information content (AvgIpc) is 3.15. The number of hydrogen-bond donors (Lipinski definition) is 1. The second-order valence-electron chi connectivity index (χ2n) is 5.29. The molecule has 1 N–H and O–H groups in total. The molecule has 1 aromatic rings. The van der Waals surface area contributed by atoms with Crippen LogP contribution in [0.25, 0.3) is 0 Å². The van der Waals surface area contributed by atoms with Crippen LogP contribution in [0, 0.1) is 17.6 Å². The maximum atomic E-state index is 13.8. The normalized spacial score (nSPS) is 25.0. The molecule has 2 fully saturated rings. The standard InChI is InChI=1S/C14H18F2N2/c15-11-4-5-14(12(16)8-11)18-7-1-6-17-13(9-18)10-2-3-10/h4-5,8,10,13,17H,1-3,6-7,9H2. The summed E-state index contributed by atoms with van der Waals surface area (Å²) in [7, 11) is 0. The van der Waals surface area contributed by atoms with Crippen molar-refractivity contribution in [3.05, 3.63) is 29.8 Å². The molecule has 1 heterocycles. The summed E-state index contributed by atoms with van der Waals surface area (Å²) in [5.41, 5.74) is 0.533. The molecule has 1 unspecified atom stereocenters. The Bertz CT molecular complexity index is 432. The fraction of sp³-hybridized carbons (Fsp3) is 0.571. The zero-order valence-corrected chi connectivity index (χ0v) is 10.3. The molecule has 2 aliphatic rings. The number of hydrogen-bond acceptors (Lipinski definition) is 2. The molecule has 1 aliphatic heterocycles. The predicted molar refractivity (Wildman–Crippen MR) is 67.7 cm³/mol. The van der Waals surface area contributed by atoms with E-state index >= 15 is 0 Å². The highest BCUT2D eigenvalue weighted by Crippen LogP contribution is 2.34. The summed E-state index contributed by atoms with van der Waals surface area (Å²) >= 11 is 0. The van der Waals surface area contributed by atoms with Crippen LogP contribution >= 0.6 is 0 Å². The van der Waals surface area contributed by atoms with E-state index in [0.717, 1.165) is 38.0 Å². The molecule has 1 saturated heterocycles. The van der Waals surface area contributed by atoms with Gasteiger partial charge in [-0.3, -0.25) is 0 Å². The van der Waals surface area contributed by atoms with Crippen molar-refractivity contribution >= 4 is 5.69 Å². The van der Waals surface area contributed by atoms with Gasteiger partial charge < -0.3 is 10.2 Å². The molecule has 2 nitrogen and oxygen atoms in total. The van der Waals surface area contributed by atoms with Crippen molar-refractivity contribution in [2.75, 3.05) is 24.5 Å². The SMILES string of the molecule is Fc1ccc(N2CCCNC(C3CC3)C2)c(F)c1. The molecule has 3 rings (SSSR count). The second-order valence-corrected chi connectivity index (χ2v) is 5.29. The Morgan fingerprint density at radius 1 is 1.22 bits per heavy atom. The maximum Gasteiger partial charge on any atom is 0.149 e. The van der Waals surface area contributed by atoms with E-state index in [4.69, 9.17) is 0 Å². The lowest BCUT2D eigenvalue weighted by Crippen LogP contribution is -2.39. The van der Waals surface area contributed by atoms with Crippen LogP contribution in [0.5, 0.6) is 0 Å². The Morgan fingerprint density at radius 3 is 2.78 bits per heavy atom. The van der Waals surface area contributed by atoms with Crippen LogP contribution < -0.4 is 10.2 Å². The van der Waals surface area contributed by atoms with Crippen molar-refractivity contribution in [2.45, 2.75) is 25.3 Å². The molecule has 0 radical (unpaired) electrons. The summed E-state index contributed by atoms with van der Waals surface area (Å²) in [6, 6.07) is 4.32. The molecule has 1 aliphatic carbocycles. The summed E-state index contributed by atoms with van der Waals surface area (Å²) in [6.07, 6.45) is 3.55. The highest BCUT2D eigenvalue weighted by Gasteiger charge is 2.33.